The minimum atomic E-state index is -0.171. The lowest BCUT2D eigenvalue weighted by atomic mass is 10.2. The lowest BCUT2D eigenvalue weighted by Crippen LogP contribution is -1.81. The van der Waals surface area contributed by atoms with Crippen LogP contribution in [0.1, 0.15) is 22.3 Å². The first-order valence-electron chi connectivity index (χ1n) is 7.85. The van der Waals surface area contributed by atoms with Crippen molar-refractivity contribution in [1.82, 2.24) is 0 Å². The molecule has 0 aromatic heterocycles. The smallest absolute Gasteiger partial charge is 0.126 e. The Morgan fingerprint density at radius 2 is 1.04 bits per heavy atom. The Morgan fingerprint density at radius 1 is 0.542 bits per heavy atom. The molecular formula is C22H24F2. The predicted molar refractivity (Wildman–Crippen MR) is 98.2 cm³/mol. The van der Waals surface area contributed by atoms with E-state index in [9.17, 15) is 8.78 Å². The molecule has 0 atom stereocenters. The summed E-state index contributed by atoms with van der Waals surface area (Å²) >= 11 is 0. The van der Waals surface area contributed by atoms with Gasteiger partial charge in [0, 0.05) is 0 Å². The molecule has 126 valence electrons. The normalized spacial score (nSPS) is 9.25. The van der Waals surface area contributed by atoms with Crippen LogP contribution in [-0.2, 0) is 0 Å². The maximum atomic E-state index is 12.6. The average Bonchev–Trinajstić information content (AvgIpc) is 2.56. The lowest BCUT2D eigenvalue weighted by molar-refractivity contribution is 0.617. The molecule has 3 aromatic rings. The van der Waals surface area contributed by atoms with Crippen molar-refractivity contribution >= 4 is 0 Å². The number of benzene rings is 3. The predicted octanol–water partition coefficient (Wildman–Crippen LogP) is 6.57. The van der Waals surface area contributed by atoms with E-state index in [1.807, 2.05) is 38.1 Å². The second-order valence-corrected chi connectivity index (χ2v) is 5.70. The molecule has 0 radical (unpaired) electrons. The zero-order valence-corrected chi connectivity index (χ0v) is 14.7. The molecule has 0 spiro atoms. The van der Waals surface area contributed by atoms with Crippen molar-refractivity contribution < 1.29 is 8.78 Å². The maximum absolute atomic E-state index is 12.6. The average molecular weight is 326 g/mol. The van der Waals surface area contributed by atoms with Crippen molar-refractivity contribution in [1.29, 1.82) is 0 Å². The summed E-state index contributed by atoms with van der Waals surface area (Å²) in [6.07, 6.45) is 0. The van der Waals surface area contributed by atoms with Crippen molar-refractivity contribution in [3.05, 3.63) is 107 Å². The first kappa shape index (κ1) is 19.6. The third-order valence-electron chi connectivity index (χ3n) is 3.28. The van der Waals surface area contributed by atoms with Crippen LogP contribution in [0.25, 0.3) is 0 Å². The molecule has 0 aliphatic rings. The van der Waals surface area contributed by atoms with Crippen molar-refractivity contribution in [3.8, 4) is 0 Å². The molecule has 2 heteroatoms. The zero-order chi connectivity index (χ0) is 17.9. The summed E-state index contributed by atoms with van der Waals surface area (Å²) < 4.78 is 24.7. The highest BCUT2D eigenvalue weighted by Gasteiger charge is 1.93. The molecule has 24 heavy (non-hydrogen) atoms. The number of aryl methyl sites for hydroxylation is 4. The molecule has 0 nitrogen and oxygen atoms in total. The third kappa shape index (κ3) is 8.23. The highest BCUT2D eigenvalue weighted by molar-refractivity contribution is 5.21. The van der Waals surface area contributed by atoms with Gasteiger partial charge in [-0.25, -0.2) is 8.78 Å². The molecule has 0 bridgehead atoms. The summed E-state index contributed by atoms with van der Waals surface area (Å²) in [5.74, 6) is -0.286. The number of hydrogen-bond donors (Lipinski definition) is 0. The van der Waals surface area contributed by atoms with Crippen LogP contribution in [0.3, 0.4) is 0 Å². The van der Waals surface area contributed by atoms with Crippen molar-refractivity contribution in [2.24, 2.45) is 0 Å². The van der Waals surface area contributed by atoms with Gasteiger partial charge in [-0.15, -0.1) is 0 Å². The van der Waals surface area contributed by atoms with E-state index >= 15 is 0 Å². The van der Waals surface area contributed by atoms with Gasteiger partial charge in [-0.1, -0.05) is 65.7 Å². The van der Waals surface area contributed by atoms with Gasteiger partial charge in [0.25, 0.3) is 0 Å². The monoisotopic (exact) mass is 326 g/mol. The van der Waals surface area contributed by atoms with E-state index in [-0.39, 0.29) is 11.6 Å². The molecule has 0 amide bonds. The number of hydrogen-bond acceptors (Lipinski definition) is 0. The van der Waals surface area contributed by atoms with Crippen LogP contribution >= 0.6 is 0 Å². The van der Waals surface area contributed by atoms with E-state index in [1.54, 1.807) is 25.1 Å². The van der Waals surface area contributed by atoms with E-state index in [4.69, 9.17) is 0 Å². The topological polar surface area (TPSA) is 0 Å². The quantitative estimate of drug-likeness (QED) is 0.438. The minimum Gasteiger partial charge on any atom is -0.207 e. The summed E-state index contributed by atoms with van der Waals surface area (Å²) in [7, 11) is 0. The fourth-order valence-electron chi connectivity index (χ4n) is 1.77. The van der Waals surface area contributed by atoms with Crippen molar-refractivity contribution in [2.45, 2.75) is 27.7 Å². The highest BCUT2D eigenvalue weighted by Crippen LogP contribution is 2.07. The van der Waals surface area contributed by atoms with Crippen molar-refractivity contribution in [3.63, 3.8) is 0 Å². The van der Waals surface area contributed by atoms with Crippen LogP contribution in [-0.4, -0.2) is 0 Å². The lowest BCUT2D eigenvalue weighted by Gasteiger charge is -1.94. The van der Waals surface area contributed by atoms with Gasteiger partial charge in [-0.2, -0.15) is 0 Å². The van der Waals surface area contributed by atoms with Gasteiger partial charge in [0.05, 0.1) is 0 Å². The Labute approximate surface area is 143 Å². The molecular weight excluding hydrogens is 302 g/mol. The molecule has 0 saturated heterocycles. The van der Waals surface area contributed by atoms with E-state index in [1.165, 1.54) is 23.8 Å². The number of rotatable bonds is 0. The molecule has 0 heterocycles. The molecule has 0 fully saturated rings. The Bertz CT molecular complexity index is 696. The second-order valence-electron chi connectivity index (χ2n) is 5.70. The molecule has 0 saturated carbocycles. The van der Waals surface area contributed by atoms with Crippen LogP contribution in [0.4, 0.5) is 8.78 Å². The van der Waals surface area contributed by atoms with Gasteiger partial charge in [-0.3, -0.25) is 0 Å². The molecule has 3 rings (SSSR count). The van der Waals surface area contributed by atoms with Gasteiger partial charge in [0.15, 0.2) is 0 Å². The van der Waals surface area contributed by atoms with Gasteiger partial charge < -0.3 is 0 Å². The van der Waals surface area contributed by atoms with Crippen LogP contribution in [0.5, 0.6) is 0 Å². The van der Waals surface area contributed by atoms with Crippen LogP contribution < -0.4 is 0 Å². The highest BCUT2D eigenvalue weighted by atomic mass is 19.1. The summed E-state index contributed by atoms with van der Waals surface area (Å²) in [4.78, 5) is 0. The zero-order valence-electron chi connectivity index (χ0n) is 14.7. The van der Waals surface area contributed by atoms with Crippen LogP contribution in [0.15, 0.2) is 72.8 Å². The second kappa shape index (κ2) is 10.3. The van der Waals surface area contributed by atoms with E-state index in [0.29, 0.717) is 5.56 Å². The van der Waals surface area contributed by atoms with E-state index in [0.717, 1.165) is 11.1 Å². The first-order chi connectivity index (χ1) is 11.4. The molecule has 3 aromatic carbocycles. The van der Waals surface area contributed by atoms with Gasteiger partial charge >= 0.3 is 0 Å². The minimum absolute atomic E-state index is 0.116. The van der Waals surface area contributed by atoms with E-state index < -0.39 is 0 Å². The molecule has 0 aliphatic carbocycles. The fourth-order valence-corrected chi connectivity index (χ4v) is 1.77. The Morgan fingerprint density at radius 3 is 1.42 bits per heavy atom. The van der Waals surface area contributed by atoms with E-state index in [2.05, 4.69) is 19.1 Å². The summed E-state index contributed by atoms with van der Waals surface area (Å²) in [6, 6.07) is 21.9. The summed E-state index contributed by atoms with van der Waals surface area (Å²) in [5.41, 5.74) is 4.09. The molecule has 0 aliphatic heterocycles. The summed E-state index contributed by atoms with van der Waals surface area (Å²) in [5, 5.41) is 0. The summed E-state index contributed by atoms with van der Waals surface area (Å²) in [6.45, 7) is 7.65. The van der Waals surface area contributed by atoms with Gasteiger partial charge in [0.2, 0.25) is 0 Å². The largest absolute Gasteiger partial charge is 0.207 e. The first-order valence-corrected chi connectivity index (χ1v) is 7.85. The number of halogens is 2. The maximum Gasteiger partial charge on any atom is 0.126 e. The molecule has 0 unspecified atom stereocenters. The van der Waals surface area contributed by atoms with Crippen molar-refractivity contribution in [2.75, 3.05) is 0 Å². The van der Waals surface area contributed by atoms with Gasteiger partial charge in [0.1, 0.15) is 11.6 Å². The standard InChI is InChI=1S/C8H9F.C7H7F.C7H8/c1-6-3-4-7(2)8(9)5-6;1-6-2-4-7(8)5-3-6;1-7-5-3-2-4-6-7/h3-5H,1-2H3;2-5H,1H3;2-6H,1H3. The Balaban J connectivity index is 0.000000181. The Kier molecular flexibility index (Phi) is 8.42. The van der Waals surface area contributed by atoms with Crippen LogP contribution in [0, 0.1) is 39.3 Å². The third-order valence-corrected chi connectivity index (χ3v) is 3.28. The van der Waals surface area contributed by atoms with Crippen LogP contribution in [0.2, 0.25) is 0 Å². The van der Waals surface area contributed by atoms with Gasteiger partial charge in [-0.05, 0) is 57.0 Å². The Hall–Kier alpha value is -2.48. The SMILES string of the molecule is Cc1ccc(C)c(F)c1.Cc1ccc(F)cc1.Cc1ccccc1. The molecule has 0 N–H and O–H groups in total. The fraction of sp³-hybridized carbons (Fsp3) is 0.182.